The highest BCUT2D eigenvalue weighted by Gasteiger charge is 2.68. The fourth-order valence-corrected chi connectivity index (χ4v) is 5.35. The van der Waals surface area contributed by atoms with Gasteiger partial charge in [-0.25, -0.2) is 0 Å². The molecule has 0 aliphatic heterocycles. The number of fused-ring (bicyclic) bond motifs is 3. The lowest BCUT2D eigenvalue weighted by molar-refractivity contribution is -0.189. The van der Waals surface area contributed by atoms with Crippen LogP contribution < -0.4 is 0 Å². The normalized spacial score (nSPS) is 50.2. The van der Waals surface area contributed by atoms with E-state index in [1.165, 1.54) is 0 Å². The largest absolute Gasteiger partial charge is 0.299 e. The fourth-order valence-electron chi connectivity index (χ4n) is 5.35. The molecule has 3 rings (SSSR count). The molecule has 2 heteroatoms. The number of Topliss-reactive ketones (excluding diaryl/α,β-unsaturated/α-hetero) is 2. The van der Waals surface area contributed by atoms with Gasteiger partial charge in [-0.3, -0.25) is 9.59 Å². The minimum absolute atomic E-state index is 0.186. The quantitative estimate of drug-likeness (QED) is 0.658. The van der Waals surface area contributed by atoms with Crippen molar-refractivity contribution in [2.75, 3.05) is 0 Å². The molecule has 0 bridgehead atoms. The van der Waals surface area contributed by atoms with Crippen LogP contribution in [-0.4, -0.2) is 11.6 Å². The Labute approximate surface area is 110 Å². The van der Waals surface area contributed by atoms with Gasteiger partial charge in [-0.05, 0) is 36.5 Å². The van der Waals surface area contributed by atoms with E-state index in [0.717, 1.165) is 19.3 Å². The van der Waals surface area contributed by atoms with Gasteiger partial charge >= 0.3 is 0 Å². The van der Waals surface area contributed by atoms with Gasteiger partial charge in [0, 0.05) is 23.7 Å². The van der Waals surface area contributed by atoms with Gasteiger partial charge in [0.15, 0.2) is 0 Å². The third-order valence-electron chi connectivity index (χ3n) is 6.74. The first-order valence-corrected chi connectivity index (χ1v) is 7.29. The Morgan fingerprint density at radius 3 is 2.22 bits per heavy atom. The molecule has 100 valence electrons. The predicted octanol–water partition coefficient (Wildman–Crippen LogP) is 3.39. The fraction of sp³-hybridized carbons (Fsp3) is 0.875. The summed E-state index contributed by atoms with van der Waals surface area (Å²) in [5.74, 6) is 1.60. The Bertz CT molecular complexity index is 436. The van der Waals surface area contributed by atoms with E-state index in [1.54, 1.807) is 0 Å². The van der Waals surface area contributed by atoms with Crippen LogP contribution in [0.1, 0.15) is 59.8 Å². The highest BCUT2D eigenvalue weighted by molar-refractivity contribution is 5.96. The molecule has 0 aromatic heterocycles. The molecular weight excluding hydrogens is 224 g/mol. The SMILES string of the molecule is CC1(C)CCC(=O)[C@]2(C)[C@@H]1CC[C@@]1(C)C(=O)C[C@@H]21. The Hall–Kier alpha value is -0.660. The van der Waals surface area contributed by atoms with Crippen LogP contribution in [0, 0.1) is 28.1 Å². The third kappa shape index (κ3) is 1.20. The summed E-state index contributed by atoms with van der Waals surface area (Å²) in [6.07, 6.45) is 4.41. The zero-order chi connectivity index (χ0) is 13.3. The van der Waals surface area contributed by atoms with Crippen molar-refractivity contribution in [3.63, 3.8) is 0 Å². The lowest BCUT2D eigenvalue weighted by atomic mass is 9.37. The Morgan fingerprint density at radius 1 is 0.944 bits per heavy atom. The average molecular weight is 248 g/mol. The van der Waals surface area contributed by atoms with E-state index >= 15 is 0 Å². The van der Waals surface area contributed by atoms with E-state index in [9.17, 15) is 9.59 Å². The predicted molar refractivity (Wildman–Crippen MR) is 70.1 cm³/mol. The average Bonchev–Trinajstić information content (AvgIpc) is 2.29. The Balaban J connectivity index is 2.05. The van der Waals surface area contributed by atoms with Crippen molar-refractivity contribution in [2.24, 2.45) is 28.1 Å². The highest BCUT2D eigenvalue weighted by atomic mass is 16.1. The first kappa shape index (κ1) is 12.4. The number of rotatable bonds is 0. The molecule has 3 aliphatic carbocycles. The third-order valence-corrected chi connectivity index (χ3v) is 6.74. The van der Waals surface area contributed by atoms with Gasteiger partial charge in [0.05, 0.1) is 0 Å². The first-order chi connectivity index (χ1) is 8.23. The highest BCUT2D eigenvalue weighted by Crippen LogP contribution is 2.67. The molecule has 0 amide bonds. The number of carbonyl (C=O) groups excluding carboxylic acids is 2. The minimum Gasteiger partial charge on any atom is -0.299 e. The molecule has 0 radical (unpaired) electrons. The van der Waals surface area contributed by atoms with Gasteiger partial charge in [0.25, 0.3) is 0 Å². The van der Waals surface area contributed by atoms with Crippen LogP contribution in [0.5, 0.6) is 0 Å². The zero-order valence-corrected chi connectivity index (χ0v) is 12.0. The molecule has 3 saturated carbocycles. The van der Waals surface area contributed by atoms with Crippen molar-refractivity contribution in [3.8, 4) is 0 Å². The van der Waals surface area contributed by atoms with Crippen molar-refractivity contribution in [1.82, 2.24) is 0 Å². The first-order valence-electron chi connectivity index (χ1n) is 7.29. The number of ketones is 2. The maximum Gasteiger partial charge on any atom is 0.139 e. The van der Waals surface area contributed by atoms with E-state index in [1.807, 2.05) is 0 Å². The summed E-state index contributed by atoms with van der Waals surface area (Å²) in [4.78, 5) is 24.5. The molecule has 0 saturated heterocycles. The van der Waals surface area contributed by atoms with E-state index < -0.39 is 0 Å². The molecule has 3 fully saturated rings. The summed E-state index contributed by atoms with van der Waals surface area (Å²) in [6.45, 7) is 8.88. The topological polar surface area (TPSA) is 34.1 Å². The summed E-state index contributed by atoms with van der Waals surface area (Å²) in [5, 5.41) is 0. The standard InChI is InChI=1S/C16H24O2/c1-14(2)7-6-12(17)16(4)10(14)5-8-15(3)11(16)9-13(15)18/h10-11H,5-9H2,1-4H3/t10-,11-,15-,16-/m1/s1. The molecule has 0 aromatic rings. The lowest BCUT2D eigenvalue weighted by Gasteiger charge is -2.64. The molecule has 0 unspecified atom stereocenters. The lowest BCUT2D eigenvalue weighted by Crippen LogP contribution is -2.66. The zero-order valence-electron chi connectivity index (χ0n) is 12.0. The molecule has 3 aliphatic rings. The molecule has 0 spiro atoms. The Morgan fingerprint density at radius 2 is 1.61 bits per heavy atom. The van der Waals surface area contributed by atoms with Crippen molar-refractivity contribution < 1.29 is 9.59 Å². The second-order valence-corrected chi connectivity index (χ2v) is 7.88. The molecule has 0 aromatic carbocycles. The summed E-state index contributed by atoms with van der Waals surface area (Å²) in [7, 11) is 0. The van der Waals surface area contributed by atoms with Crippen LogP contribution in [0.25, 0.3) is 0 Å². The minimum atomic E-state index is -0.233. The summed E-state index contributed by atoms with van der Waals surface area (Å²) in [5.41, 5.74) is -0.167. The van der Waals surface area contributed by atoms with E-state index in [2.05, 4.69) is 27.7 Å². The van der Waals surface area contributed by atoms with Crippen LogP contribution in [0.15, 0.2) is 0 Å². The second-order valence-electron chi connectivity index (χ2n) is 7.88. The van der Waals surface area contributed by atoms with Crippen molar-refractivity contribution in [1.29, 1.82) is 0 Å². The van der Waals surface area contributed by atoms with Crippen LogP contribution >= 0.6 is 0 Å². The summed E-state index contributed by atoms with van der Waals surface area (Å²) >= 11 is 0. The van der Waals surface area contributed by atoms with Crippen LogP contribution in [0.4, 0.5) is 0 Å². The summed E-state index contributed by atoms with van der Waals surface area (Å²) < 4.78 is 0. The number of hydrogen-bond donors (Lipinski definition) is 0. The van der Waals surface area contributed by atoms with Crippen LogP contribution in [-0.2, 0) is 9.59 Å². The Kier molecular flexibility index (Phi) is 2.24. The van der Waals surface area contributed by atoms with Crippen LogP contribution in [0.3, 0.4) is 0 Å². The van der Waals surface area contributed by atoms with Crippen molar-refractivity contribution in [2.45, 2.75) is 59.8 Å². The van der Waals surface area contributed by atoms with Crippen molar-refractivity contribution >= 4 is 11.6 Å². The van der Waals surface area contributed by atoms with E-state index in [-0.39, 0.29) is 16.2 Å². The van der Waals surface area contributed by atoms with Gasteiger partial charge in [-0.15, -0.1) is 0 Å². The van der Waals surface area contributed by atoms with Gasteiger partial charge in [0.1, 0.15) is 11.6 Å². The van der Waals surface area contributed by atoms with Gasteiger partial charge < -0.3 is 0 Å². The van der Waals surface area contributed by atoms with E-state index in [4.69, 9.17) is 0 Å². The monoisotopic (exact) mass is 248 g/mol. The molecule has 0 N–H and O–H groups in total. The smallest absolute Gasteiger partial charge is 0.139 e. The molecule has 4 atom stereocenters. The molecular formula is C16H24O2. The molecule has 2 nitrogen and oxygen atoms in total. The van der Waals surface area contributed by atoms with Gasteiger partial charge in [0.2, 0.25) is 0 Å². The molecule has 0 heterocycles. The second kappa shape index (κ2) is 3.26. The summed E-state index contributed by atoms with van der Waals surface area (Å²) in [6, 6.07) is 0. The maximum atomic E-state index is 12.6. The van der Waals surface area contributed by atoms with Crippen molar-refractivity contribution in [3.05, 3.63) is 0 Å². The number of hydrogen-bond acceptors (Lipinski definition) is 2. The maximum absolute atomic E-state index is 12.6. The van der Waals surface area contributed by atoms with Crippen LogP contribution in [0.2, 0.25) is 0 Å². The van der Waals surface area contributed by atoms with Gasteiger partial charge in [-0.2, -0.15) is 0 Å². The van der Waals surface area contributed by atoms with Gasteiger partial charge in [-0.1, -0.05) is 27.7 Å². The number of carbonyl (C=O) groups is 2. The van der Waals surface area contributed by atoms with E-state index in [0.29, 0.717) is 36.2 Å². The molecule has 18 heavy (non-hydrogen) atoms.